The fraction of sp³-hybridized carbons (Fsp3) is 0.682. The Bertz CT molecular complexity index is 1290. The average Bonchev–Trinajstić information content (AvgIpc) is 3.09. The predicted molar refractivity (Wildman–Crippen MR) is 132 cm³/mol. The van der Waals surface area contributed by atoms with Gasteiger partial charge in [0.25, 0.3) is 0 Å². The van der Waals surface area contributed by atoms with E-state index in [1.807, 2.05) is 0 Å². The Kier molecular flexibility index (Phi) is 8.29. The molecule has 6 unspecified atom stereocenters. The second-order valence-electron chi connectivity index (χ2n) is 9.41. The van der Waals surface area contributed by atoms with Crippen molar-refractivity contribution in [2.24, 2.45) is 0 Å². The van der Waals surface area contributed by atoms with Gasteiger partial charge in [0.1, 0.15) is 17.9 Å². The molecular formula is C22H33FN3O8PS. The van der Waals surface area contributed by atoms with Gasteiger partial charge in [0, 0.05) is 12.6 Å². The van der Waals surface area contributed by atoms with Crippen LogP contribution in [0, 0.1) is 17.6 Å². The molecule has 0 amide bonds. The number of ether oxygens (including phenoxy) is 1. The molecule has 14 heteroatoms. The van der Waals surface area contributed by atoms with Gasteiger partial charge < -0.3 is 29.9 Å². The summed E-state index contributed by atoms with van der Waals surface area (Å²) in [5.41, 5.74) is -2.10. The summed E-state index contributed by atoms with van der Waals surface area (Å²) < 4.78 is 39.5. The highest BCUT2D eigenvalue weighted by Gasteiger charge is 2.51. The van der Waals surface area contributed by atoms with Crippen LogP contribution < -0.4 is 5.43 Å². The maximum absolute atomic E-state index is 13.9. The van der Waals surface area contributed by atoms with Gasteiger partial charge in [0.15, 0.2) is 22.9 Å². The molecule has 1 saturated heterocycles. The molecule has 2 aromatic rings. The lowest BCUT2D eigenvalue weighted by atomic mass is 9.88. The third kappa shape index (κ3) is 5.08. The summed E-state index contributed by atoms with van der Waals surface area (Å²) >= 11 is 5.26. The lowest BCUT2D eigenvalue weighted by Gasteiger charge is -2.39. The van der Waals surface area contributed by atoms with Gasteiger partial charge in [-0.15, -0.1) is 0 Å². The minimum atomic E-state index is -4.51. The van der Waals surface area contributed by atoms with Crippen molar-refractivity contribution in [3.63, 3.8) is 0 Å². The lowest BCUT2D eigenvalue weighted by Crippen LogP contribution is -2.41. The highest BCUT2D eigenvalue weighted by molar-refractivity contribution is 7.71. The number of hydrogen-bond acceptors (Lipinski definition) is 9. The van der Waals surface area contributed by atoms with E-state index in [1.165, 1.54) is 24.6 Å². The summed E-state index contributed by atoms with van der Waals surface area (Å²) in [6.45, 7) is 7.55. The molecule has 2 aromatic heterocycles. The van der Waals surface area contributed by atoms with E-state index in [2.05, 4.69) is 9.97 Å². The summed E-state index contributed by atoms with van der Waals surface area (Å²) in [4.78, 5) is 29.5. The van der Waals surface area contributed by atoms with E-state index in [-0.39, 0.29) is 47.1 Å². The Morgan fingerprint density at radius 2 is 1.89 bits per heavy atom. The van der Waals surface area contributed by atoms with E-state index >= 15 is 0 Å². The van der Waals surface area contributed by atoms with E-state index in [0.29, 0.717) is 0 Å². The number of hydrogen-bond donors (Lipinski definition) is 5. The van der Waals surface area contributed by atoms with E-state index < -0.39 is 54.5 Å². The Balaban J connectivity index is 1.96. The number of nitrogens with one attached hydrogen (secondary N) is 1. The van der Waals surface area contributed by atoms with E-state index in [1.54, 1.807) is 20.8 Å². The van der Waals surface area contributed by atoms with Gasteiger partial charge in [-0.3, -0.25) is 18.5 Å². The molecule has 11 nitrogen and oxygen atoms in total. The molecule has 202 valence electrons. The first-order valence-corrected chi connectivity index (χ1v) is 13.7. The first-order chi connectivity index (χ1) is 16.6. The number of H-pyrrole nitrogens is 1. The third-order valence-corrected chi connectivity index (χ3v) is 9.63. The second-order valence-corrected chi connectivity index (χ2v) is 12.0. The molecule has 0 spiro atoms. The molecule has 0 saturated carbocycles. The van der Waals surface area contributed by atoms with Crippen LogP contribution in [0.1, 0.15) is 65.2 Å². The summed E-state index contributed by atoms with van der Waals surface area (Å²) in [5, 5.41) is 30.0. The summed E-state index contributed by atoms with van der Waals surface area (Å²) in [6.07, 6.45) is -3.56. The fourth-order valence-electron chi connectivity index (χ4n) is 4.17. The topological polar surface area (TPSA) is 167 Å². The first-order valence-electron chi connectivity index (χ1n) is 11.7. The molecule has 0 bridgehead atoms. The van der Waals surface area contributed by atoms with Gasteiger partial charge in [-0.05, 0) is 45.3 Å². The monoisotopic (exact) mass is 549 g/mol. The van der Waals surface area contributed by atoms with Crippen molar-refractivity contribution in [3.8, 4) is 0 Å². The largest absolute Gasteiger partial charge is 0.388 e. The van der Waals surface area contributed by atoms with Crippen molar-refractivity contribution in [3.05, 3.63) is 32.7 Å². The molecule has 1 fully saturated rings. The predicted octanol–water partition coefficient (Wildman–Crippen LogP) is 2.79. The maximum atomic E-state index is 13.9. The summed E-state index contributed by atoms with van der Waals surface area (Å²) in [7, 11) is -4.51. The molecule has 6 atom stereocenters. The van der Waals surface area contributed by atoms with Crippen LogP contribution in [-0.4, -0.2) is 64.0 Å². The number of aliphatic hydroxyl groups is 3. The minimum Gasteiger partial charge on any atom is -0.388 e. The van der Waals surface area contributed by atoms with E-state index in [4.69, 9.17) is 21.5 Å². The smallest absolute Gasteiger partial charge is 0.359 e. The second kappa shape index (κ2) is 10.3. The minimum absolute atomic E-state index is 0.0130. The number of fused-ring (bicyclic) bond motifs is 1. The van der Waals surface area contributed by atoms with Gasteiger partial charge in [0.2, 0.25) is 4.77 Å². The van der Waals surface area contributed by atoms with Gasteiger partial charge in [0.05, 0.1) is 22.7 Å². The van der Waals surface area contributed by atoms with Crippen LogP contribution >= 0.6 is 19.8 Å². The highest BCUT2D eigenvalue weighted by Crippen LogP contribution is 2.59. The first kappa shape index (κ1) is 29.0. The Morgan fingerprint density at radius 3 is 2.44 bits per heavy atom. The summed E-state index contributed by atoms with van der Waals surface area (Å²) in [6, 6.07) is 0. The molecule has 5 N–H and O–H groups in total. The van der Waals surface area contributed by atoms with E-state index in [9.17, 15) is 34.0 Å². The van der Waals surface area contributed by atoms with Crippen LogP contribution in [0.5, 0.6) is 0 Å². The molecule has 1 aliphatic rings. The van der Waals surface area contributed by atoms with Crippen molar-refractivity contribution in [2.75, 3.05) is 0 Å². The number of rotatable bonds is 9. The standard InChI is InChI=1S/C22H33FN3O8PS/c1-6-21(5,30)35(31,32)34-22(7-2,8-3)9-13-15(28)16(29)19(33-13)26-10-12-14(27)11(4)17(23)24-18(12)25-20(26)36/h10,13,15-16,19,28-30H,6-9H2,1-5H3,(H,31,32)(H,24,25,36). The van der Waals surface area contributed by atoms with Gasteiger partial charge in [-0.2, -0.15) is 4.39 Å². The van der Waals surface area contributed by atoms with Crippen LogP contribution in [0.25, 0.3) is 11.0 Å². The highest BCUT2D eigenvalue weighted by atomic mass is 32.1. The van der Waals surface area contributed by atoms with Crippen LogP contribution in [0.4, 0.5) is 4.39 Å². The van der Waals surface area contributed by atoms with Crippen molar-refractivity contribution < 1.29 is 38.4 Å². The number of nitrogens with zero attached hydrogens (tertiary/aromatic N) is 2. The molecule has 3 rings (SSSR count). The third-order valence-electron chi connectivity index (χ3n) is 7.16. The van der Waals surface area contributed by atoms with Crippen molar-refractivity contribution in [2.45, 2.75) is 95.8 Å². The number of halogens is 1. The van der Waals surface area contributed by atoms with Gasteiger partial charge in [-0.25, -0.2) is 4.98 Å². The molecule has 0 aliphatic carbocycles. The maximum Gasteiger partial charge on any atom is 0.359 e. The number of aromatic amines is 1. The molecule has 3 heterocycles. The average molecular weight is 550 g/mol. The van der Waals surface area contributed by atoms with E-state index in [0.717, 1.165) is 0 Å². The summed E-state index contributed by atoms with van der Waals surface area (Å²) in [5.74, 6) is -0.835. The number of aliphatic hydroxyl groups excluding tert-OH is 2. The van der Waals surface area contributed by atoms with Crippen LogP contribution in [0.15, 0.2) is 11.0 Å². The Labute approximate surface area is 212 Å². The molecule has 36 heavy (non-hydrogen) atoms. The van der Waals surface area contributed by atoms with Crippen LogP contribution in [0.3, 0.4) is 0 Å². The van der Waals surface area contributed by atoms with Crippen LogP contribution in [-0.2, 0) is 13.8 Å². The Hall–Kier alpha value is -1.57. The number of pyridine rings is 1. The normalized spacial score (nSPS) is 26.2. The SMILES string of the molecule is CCC(CC)(CC1OC(n2cc3c(=O)c(C)c(F)[nH]c3nc2=S)C(O)C1O)OP(=O)(O)C(C)(O)CC. The van der Waals surface area contributed by atoms with Crippen molar-refractivity contribution in [1.29, 1.82) is 0 Å². The molecule has 0 aromatic carbocycles. The zero-order valence-electron chi connectivity index (χ0n) is 20.8. The number of aromatic nitrogens is 3. The van der Waals surface area contributed by atoms with Crippen molar-refractivity contribution >= 4 is 30.8 Å². The molecular weight excluding hydrogens is 516 g/mol. The lowest BCUT2D eigenvalue weighted by molar-refractivity contribution is -0.0768. The Morgan fingerprint density at radius 1 is 1.28 bits per heavy atom. The van der Waals surface area contributed by atoms with Gasteiger partial charge in [-0.1, -0.05) is 20.8 Å². The fourth-order valence-corrected chi connectivity index (χ4v) is 5.87. The van der Waals surface area contributed by atoms with Crippen molar-refractivity contribution in [1.82, 2.24) is 14.5 Å². The molecule has 0 radical (unpaired) electrons. The zero-order valence-corrected chi connectivity index (χ0v) is 22.5. The quantitative estimate of drug-likeness (QED) is 0.178. The zero-order chi connectivity index (χ0) is 27.2. The van der Waals surface area contributed by atoms with Gasteiger partial charge >= 0.3 is 7.60 Å². The van der Waals surface area contributed by atoms with Crippen LogP contribution in [0.2, 0.25) is 0 Å². The molecule has 1 aliphatic heterocycles.